The average Bonchev–Trinajstić information content (AvgIpc) is 3.48. The van der Waals surface area contributed by atoms with E-state index >= 15 is 0 Å². The zero-order chi connectivity index (χ0) is 28.0. The Labute approximate surface area is 225 Å². The van der Waals surface area contributed by atoms with Crippen molar-refractivity contribution < 1.29 is 31.5 Å². The van der Waals surface area contributed by atoms with Crippen LogP contribution in [0.1, 0.15) is 5.56 Å². The number of carboxylic acid groups (broad SMARTS) is 1. The Morgan fingerprint density at radius 2 is 1.31 bits per heavy atom. The lowest BCUT2D eigenvalue weighted by molar-refractivity contribution is -0.192. The molecule has 0 saturated heterocycles. The summed E-state index contributed by atoms with van der Waals surface area (Å²) in [6.07, 6.45) is -5.08. The molecule has 0 spiro atoms. The third-order valence-electron chi connectivity index (χ3n) is 5.31. The van der Waals surface area contributed by atoms with Crippen molar-refractivity contribution in [3.8, 4) is 22.5 Å². The number of hydrogen-bond acceptors (Lipinski definition) is 6. The number of aromatic nitrogens is 2. The number of para-hydroxylation sites is 2. The minimum Gasteiger partial charge on any atom is -0.475 e. The zero-order valence-electron chi connectivity index (χ0n) is 20.0. The summed E-state index contributed by atoms with van der Waals surface area (Å²) in [5.41, 5.74) is 6.06. The quantitative estimate of drug-likeness (QED) is 0.254. The summed E-state index contributed by atoms with van der Waals surface area (Å²) in [5, 5.41) is 8.87. The summed E-state index contributed by atoms with van der Waals surface area (Å²) in [4.78, 5) is 18.7. The monoisotopic (exact) mass is 571 g/mol. The van der Waals surface area contributed by atoms with Crippen molar-refractivity contribution in [3.05, 3.63) is 102 Å². The summed E-state index contributed by atoms with van der Waals surface area (Å²) in [7, 11) is -3.50. The van der Waals surface area contributed by atoms with E-state index in [1.807, 2.05) is 78.9 Å². The van der Waals surface area contributed by atoms with Gasteiger partial charge in [0, 0.05) is 17.7 Å². The molecule has 200 valence electrons. The molecule has 2 N–H and O–H groups in total. The Hall–Kier alpha value is -4.13. The number of carboxylic acids is 1. The lowest BCUT2D eigenvalue weighted by Gasteiger charge is -2.11. The van der Waals surface area contributed by atoms with Gasteiger partial charge in [0.1, 0.15) is 4.21 Å². The number of fused-ring (bicyclic) bond motifs is 1. The van der Waals surface area contributed by atoms with Gasteiger partial charge >= 0.3 is 12.1 Å². The fraction of sp³-hybridized carbons (Fsp3) is 0.0741. The molecule has 5 aromatic rings. The number of thiophene rings is 1. The van der Waals surface area contributed by atoms with Gasteiger partial charge in [0.05, 0.1) is 22.4 Å². The van der Waals surface area contributed by atoms with Crippen LogP contribution in [-0.2, 0) is 21.4 Å². The minimum atomic E-state index is -5.08. The van der Waals surface area contributed by atoms with E-state index in [2.05, 4.69) is 4.72 Å². The number of halogens is 3. The van der Waals surface area contributed by atoms with Crippen LogP contribution in [-0.4, -0.2) is 35.6 Å². The third-order valence-corrected chi connectivity index (χ3v) is 8.11. The Morgan fingerprint density at radius 1 is 0.795 bits per heavy atom. The molecule has 0 amide bonds. The van der Waals surface area contributed by atoms with Crippen molar-refractivity contribution in [2.75, 3.05) is 0 Å². The van der Waals surface area contributed by atoms with Gasteiger partial charge < -0.3 is 5.11 Å². The van der Waals surface area contributed by atoms with Gasteiger partial charge in [-0.1, -0.05) is 72.8 Å². The zero-order valence-corrected chi connectivity index (χ0v) is 21.6. The molecule has 0 unspecified atom stereocenters. The van der Waals surface area contributed by atoms with Crippen LogP contribution in [0.2, 0.25) is 0 Å². The van der Waals surface area contributed by atoms with Crippen molar-refractivity contribution in [1.29, 1.82) is 0 Å². The number of sulfonamides is 1. The molecule has 12 heteroatoms. The van der Waals surface area contributed by atoms with Crippen molar-refractivity contribution in [3.63, 3.8) is 0 Å². The van der Waals surface area contributed by atoms with E-state index in [1.54, 1.807) is 17.5 Å². The Morgan fingerprint density at radius 3 is 1.79 bits per heavy atom. The molecule has 0 saturated carbocycles. The van der Waals surface area contributed by atoms with Gasteiger partial charge in [-0.15, -0.1) is 11.3 Å². The lowest BCUT2D eigenvalue weighted by Crippen LogP contribution is -2.22. The fourth-order valence-electron chi connectivity index (χ4n) is 3.44. The van der Waals surface area contributed by atoms with Crippen LogP contribution in [0.4, 0.5) is 13.2 Å². The molecule has 2 aromatic heterocycles. The number of rotatable bonds is 6. The molecule has 0 aliphatic heterocycles. The van der Waals surface area contributed by atoms with E-state index in [1.165, 1.54) is 11.3 Å². The standard InChI is InChI=1S/C25H19N3O2S2.C2HF3O2/c29-32(30,23-11-6-16-31-23)26-17-18-12-14-20(15-13-18)25-24(19-7-2-1-3-8-19)27-21-9-4-5-10-22(21)28-25;3-2(4,5)1(6)7/h1-16,26H,17H2;(H,6,7). The SMILES string of the molecule is O=C(O)C(F)(F)F.O=S(=O)(NCc1ccc(-c2nc3ccccc3nc2-c2ccccc2)cc1)c1cccs1. The number of hydrogen-bond donors (Lipinski definition) is 2. The highest BCUT2D eigenvalue weighted by molar-refractivity contribution is 7.91. The molecule has 0 atom stereocenters. The molecule has 0 radical (unpaired) electrons. The first-order valence-electron chi connectivity index (χ1n) is 11.3. The van der Waals surface area contributed by atoms with E-state index in [9.17, 15) is 21.6 Å². The van der Waals surface area contributed by atoms with Crippen LogP contribution in [0.15, 0.2) is 101 Å². The van der Waals surface area contributed by atoms with Crippen molar-refractivity contribution in [2.24, 2.45) is 0 Å². The highest BCUT2D eigenvalue weighted by Gasteiger charge is 2.38. The van der Waals surface area contributed by atoms with Crippen LogP contribution in [0.5, 0.6) is 0 Å². The molecule has 39 heavy (non-hydrogen) atoms. The Bertz CT molecular complexity index is 1680. The van der Waals surface area contributed by atoms with Crippen LogP contribution >= 0.6 is 11.3 Å². The summed E-state index contributed by atoms with van der Waals surface area (Å²) >= 11 is 1.20. The van der Waals surface area contributed by atoms with Gasteiger partial charge in [0.25, 0.3) is 0 Å². The first kappa shape index (κ1) is 27.9. The second-order valence-corrected chi connectivity index (χ2v) is 11.0. The largest absolute Gasteiger partial charge is 0.490 e. The molecule has 0 fully saturated rings. The van der Waals surface area contributed by atoms with Crippen molar-refractivity contribution in [1.82, 2.24) is 14.7 Å². The van der Waals surface area contributed by atoms with E-state index in [-0.39, 0.29) is 6.54 Å². The summed E-state index contributed by atoms with van der Waals surface area (Å²) in [6.45, 7) is 0.218. The smallest absolute Gasteiger partial charge is 0.475 e. The van der Waals surface area contributed by atoms with Crippen LogP contribution in [0.25, 0.3) is 33.5 Å². The van der Waals surface area contributed by atoms with Crippen LogP contribution < -0.4 is 4.72 Å². The van der Waals surface area contributed by atoms with Crippen LogP contribution in [0.3, 0.4) is 0 Å². The predicted molar refractivity (Wildman–Crippen MR) is 142 cm³/mol. The molecule has 5 rings (SSSR count). The first-order chi connectivity index (χ1) is 18.5. The number of benzene rings is 3. The highest BCUT2D eigenvalue weighted by Crippen LogP contribution is 2.31. The summed E-state index contributed by atoms with van der Waals surface area (Å²) in [6, 6.07) is 28.9. The second-order valence-electron chi connectivity index (χ2n) is 8.03. The number of aliphatic carboxylic acids is 1. The molecular formula is C27H20F3N3O4S2. The van der Waals surface area contributed by atoms with E-state index in [0.717, 1.165) is 39.1 Å². The molecular weight excluding hydrogens is 551 g/mol. The second kappa shape index (κ2) is 11.7. The van der Waals surface area contributed by atoms with Crippen molar-refractivity contribution >= 4 is 38.4 Å². The van der Waals surface area contributed by atoms with Crippen molar-refractivity contribution in [2.45, 2.75) is 16.9 Å². The van der Waals surface area contributed by atoms with E-state index < -0.39 is 22.2 Å². The van der Waals surface area contributed by atoms with E-state index in [4.69, 9.17) is 19.9 Å². The average molecular weight is 572 g/mol. The summed E-state index contributed by atoms with van der Waals surface area (Å²) in [5.74, 6) is -2.76. The number of nitrogens with one attached hydrogen (secondary N) is 1. The molecule has 0 aliphatic rings. The molecule has 0 bridgehead atoms. The fourth-order valence-corrected chi connectivity index (χ4v) is 5.50. The van der Waals surface area contributed by atoms with Gasteiger partial charge in [0.15, 0.2) is 0 Å². The first-order valence-corrected chi connectivity index (χ1v) is 13.7. The summed E-state index contributed by atoms with van der Waals surface area (Å²) < 4.78 is 59.4. The normalized spacial score (nSPS) is 11.6. The van der Waals surface area contributed by atoms with Gasteiger partial charge in [0.2, 0.25) is 10.0 Å². The van der Waals surface area contributed by atoms with Crippen LogP contribution in [0, 0.1) is 0 Å². The molecule has 0 aliphatic carbocycles. The van der Waals surface area contributed by atoms with Gasteiger partial charge in [-0.25, -0.2) is 27.9 Å². The predicted octanol–water partition coefficient (Wildman–Crippen LogP) is 6.14. The highest BCUT2D eigenvalue weighted by atomic mass is 32.2. The maximum Gasteiger partial charge on any atom is 0.490 e. The Balaban J connectivity index is 0.000000448. The van der Waals surface area contributed by atoms with Gasteiger partial charge in [-0.05, 0) is 29.1 Å². The number of nitrogens with zero attached hydrogens (tertiary/aromatic N) is 2. The topological polar surface area (TPSA) is 109 Å². The van der Waals surface area contributed by atoms with Gasteiger partial charge in [-0.2, -0.15) is 13.2 Å². The molecule has 7 nitrogen and oxygen atoms in total. The third kappa shape index (κ3) is 7.05. The number of carbonyl (C=O) groups is 1. The maximum atomic E-state index is 12.4. The number of alkyl halides is 3. The molecule has 2 heterocycles. The lowest BCUT2D eigenvalue weighted by atomic mass is 10.0. The van der Waals surface area contributed by atoms with Gasteiger partial charge in [-0.3, -0.25) is 0 Å². The molecule has 3 aromatic carbocycles. The minimum absolute atomic E-state index is 0.218. The maximum absolute atomic E-state index is 12.4. The Kier molecular flexibility index (Phi) is 8.38. The van der Waals surface area contributed by atoms with E-state index in [0.29, 0.717) is 4.21 Å².